The Morgan fingerprint density at radius 3 is 1.19 bits per heavy atom. The smallest absolute Gasteiger partial charge is 0.159 e. The van der Waals surface area contributed by atoms with Gasteiger partial charge < -0.3 is 18.1 Å². The number of hydrogen-bond donors (Lipinski definition) is 0. The molecule has 0 radical (unpaired) electrons. The lowest BCUT2D eigenvalue weighted by molar-refractivity contribution is 0.666. The Morgan fingerprint density at radius 1 is 0.250 bits per heavy atom. The standard InChI is InChI=1S/C60H37N3O/c1-3-15-38(16-4-1)40-27-30-56-48(33-40)49-34-41(39-17-5-2-6-18-39)28-31-57(49)61(56)42-29-32-59-50(35-42)51-36-43(62-52-23-11-7-19-44(52)45-20-8-12-24-53(45)62)37-58(60(51)64-59)63-54-25-13-9-21-46(54)47-22-10-14-26-55(47)63/h1-37H. The van der Waals surface area contributed by atoms with Gasteiger partial charge in [0.1, 0.15) is 5.58 Å². The molecule has 14 aromatic rings. The number of hydrogen-bond acceptors (Lipinski definition) is 1. The molecule has 0 fully saturated rings. The third-order valence-corrected chi connectivity index (χ3v) is 13.4. The second-order valence-corrected chi connectivity index (χ2v) is 16.9. The van der Waals surface area contributed by atoms with Crippen LogP contribution >= 0.6 is 0 Å². The zero-order valence-electron chi connectivity index (χ0n) is 34.6. The van der Waals surface area contributed by atoms with E-state index in [1.807, 2.05) is 0 Å². The summed E-state index contributed by atoms with van der Waals surface area (Å²) >= 11 is 0. The number of nitrogens with zero attached hydrogens (tertiary/aromatic N) is 3. The predicted octanol–water partition coefficient (Wildman–Crippen LogP) is 16.2. The Morgan fingerprint density at radius 2 is 0.672 bits per heavy atom. The van der Waals surface area contributed by atoms with Crippen LogP contribution in [0.25, 0.3) is 127 Å². The van der Waals surface area contributed by atoms with Crippen molar-refractivity contribution in [2.45, 2.75) is 0 Å². The van der Waals surface area contributed by atoms with E-state index in [0.29, 0.717) is 0 Å². The van der Waals surface area contributed by atoms with E-state index in [0.717, 1.165) is 61.1 Å². The highest BCUT2D eigenvalue weighted by Gasteiger charge is 2.23. The largest absolute Gasteiger partial charge is 0.454 e. The van der Waals surface area contributed by atoms with Gasteiger partial charge in [-0.25, -0.2) is 0 Å². The first-order valence-electron chi connectivity index (χ1n) is 21.9. The molecule has 0 bridgehead atoms. The van der Waals surface area contributed by atoms with Crippen molar-refractivity contribution in [2.24, 2.45) is 0 Å². The van der Waals surface area contributed by atoms with Crippen molar-refractivity contribution in [3.63, 3.8) is 0 Å². The van der Waals surface area contributed by atoms with Gasteiger partial charge in [0, 0.05) is 54.5 Å². The van der Waals surface area contributed by atoms with E-state index >= 15 is 0 Å². The number of furan rings is 1. The molecule has 0 aliphatic heterocycles. The van der Waals surface area contributed by atoms with Gasteiger partial charge in [-0.15, -0.1) is 0 Å². The van der Waals surface area contributed by atoms with E-state index in [1.54, 1.807) is 0 Å². The van der Waals surface area contributed by atoms with Crippen molar-refractivity contribution in [1.82, 2.24) is 13.7 Å². The average molecular weight is 816 g/mol. The Balaban J connectivity index is 1.07. The van der Waals surface area contributed by atoms with Crippen molar-refractivity contribution in [1.29, 1.82) is 0 Å². The van der Waals surface area contributed by atoms with Gasteiger partial charge in [0.25, 0.3) is 0 Å². The van der Waals surface area contributed by atoms with Gasteiger partial charge in [-0.3, -0.25) is 0 Å². The summed E-state index contributed by atoms with van der Waals surface area (Å²) in [6.45, 7) is 0. The van der Waals surface area contributed by atoms with Crippen LogP contribution in [0.4, 0.5) is 0 Å². The lowest BCUT2D eigenvalue weighted by atomic mass is 10.0. The molecule has 64 heavy (non-hydrogen) atoms. The zero-order valence-corrected chi connectivity index (χ0v) is 34.6. The monoisotopic (exact) mass is 815 g/mol. The highest BCUT2D eigenvalue weighted by atomic mass is 16.3. The van der Waals surface area contributed by atoms with Crippen LogP contribution in [-0.4, -0.2) is 13.7 Å². The van der Waals surface area contributed by atoms with Crippen molar-refractivity contribution < 1.29 is 4.42 Å². The van der Waals surface area contributed by atoms with Crippen LogP contribution in [-0.2, 0) is 0 Å². The summed E-state index contributed by atoms with van der Waals surface area (Å²) in [6.07, 6.45) is 0. The molecule has 4 heterocycles. The maximum atomic E-state index is 7.09. The quantitative estimate of drug-likeness (QED) is 0.170. The van der Waals surface area contributed by atoms with Crippen LogP contribution in [0.1, 0.15) is 0 Å². The average Bonchev–Trinajstić information content (AvgIpc) is 4.10. The first kappa shape index (κ1) is 35.0. The van der Waals surface area contributed by atoms with Crippen LogP contribution in [0.5, 0.6) is 0 Å². The van der Waals surface area contributed by atoms with Crippen LogP contribution in [0.3, 0.4) is 0 Å². The zero-order chi connectivity index (χ0) is 41.9. The minimum atomic E-state index is 0.846. The van der Waals surface area contributed by atoms with Crippen molar-refractivity contribution >= 4 is 87.4 Å². The maximum absolute atomic E-state index is 7.09. The first-order valence-corrected chi connectivity index (χ1v) is 21.9. The van der Waals surface area contributed by atoms with E-state index in [1.165, 1.54) is 65.6 Å². The van der Waals surface area contributed by atoms with E-state index in [2.05, 4.69) is 238 Å². The first-order chi connectivity index (χ1) is 31.7. The maximum Gasteiger partial charge on any atom is 0.159 e. The predicted molar refractivity (Wildman–Crippen MR) is 268 cm³/mol. The summed E-state index contributed by atoms with van der Waals surface area (Å²) in [7, 11) is 0. The molecule has 0 saturated heterocycles. The van der Waals surface area contributed by atoms with Gasteiger partial charge in [0.15, 0.2) is 5.58 Å². The molecule has 0 aliphatic carbocycles. The second kappa shape index (κ2) is 13.4. The molecule has 0 aliphatic rings. The van der Waals surface area contributed by atoms with Gasteiger partial charge in [-0.1, -0.05) is 146 Å². The van der Waals surface area contributed by atoms with E-state index in [4.69, 9.17) is 4.42 Å². The lowest BCUT2D eigenvalue weighted by Crippen LogP contribution is -1.99. The van der Waals surface area contributed by atoms with Crippen LogP contribution in [0.2, 0.25) is 0 Å². The lowest BCUT2D eigenvalue weighted by Gasteiger charge is -2.14. The summed E-state index contributed by atoms with van der Waals surface area (Å²) < 4.78 is 14.3. The molecule has 14 rings (SSSR count). The van der Waals surface area contributed by atoms with Crippen molar-refractivity contribution in [3.8, 4) is 39.3 Å². The van der Waals surface area contributed by atoms with Gasteiger partial charge in [-0.05, 0) is 101 Å². The Hall–Kier alpha value is -8.60. The molecule has 0 N–H and O–H groups in total. The van der Waals surface area contributed by atoms with Crippen molar-refractivity contribution in [3.05, 3.63) is 224 Å². The topological polar surface area (TPSA) is 27.9 Å². The number of benzene rings is 10. The molecule has 4 aromatic heterocycles. The minimum absolute atomic E-state index is 0.846. The fourth-order valence-corrected chi connectivity index (χ4v) is 10.6. The van der Waals surface area contributed by atoms with Crippen LogP contribution in [0, 0.1) is 0 Å². The summed E-state index contributed by atoms with van der Waals surface area (Å²) in [5.74, 6) is 0. The summed E-state index contributed by atoms with van der Waals surface area (Å²) in [5, 5.41) is 9.44. The highest BCUT2D eigenvalue weighted by molar-refractivity contribution is 6.16. The van der Waals surface area contributed by atoms with Gasteiger partial charge in [0.2, 0.25) is 0 Å². The molecule has 4 nitrogen and oxygen atoms in total. The van der Waals surface area contributed by atoms with Crippen LogP contribution < -0.4 is 0 Å². The highest BCUT2D eigenvalue weighted by Crippen LogP contribution is 2.43. The molecule has 0 unspecified atom stereocenters. The summed E-state index contributed by atoms with van der Waals surface area (Å²) in [4.78, 5) is 0. The van der Waals surface area contributed by atoms with E-state index in [9.17, 15) is 0 Å². The molecule has 4 heteroatoms. The molecule has 10 aromatic carbocycles. The number of rotatable bonds is 5. The Kier molecular flexibility index (Phi) is 7.36. The fourth-order valence-electron chi connectivity index (χ4n) is 10.6. The third kappa shape index (κ3) is 5.05. The van der Waals surface area contributed by atoms with Crippen LogP contribution in [0.15, 0.2) is 229 Å². The number of fused-ring (bicyclic) bond motifs is 12. The summed E-state index contributed by atoms with van der Waals surface area (Å²) in [5.41, 5.74) is 16.6. The van der Waals surface area contributed by atoms with E-state index in [-0.39, 0.29) is 0 Å². The SMILES string of the molecule is c1ccc(-c2ccc3c(c2)c2cc(-c4ccccc4)ccc2n3-c2ccc3oc4c(-n5c6ccccc6c6ccccc65)cc(-n5c6ccccc6c6ccccc65)cc4c3c2)cc1. The van der Waals surface area contributed by atoms with E-state index < -0.39 is 0 Å². The summed E-state index contributed by atoms with van der Waals surface area (Å²) in [6, 6.07) is 81.5. The normalized spacial score (nSPS) is 12.1. The third-order valence-electron chi connectivity index (χ3n) is 13.4. The molecule has 0 spiro atoms. The number of para-hydroxylation sites is 4. The van der Waals surface area contributed by atoms with Gasteiger partial charge in [-0.2, -0.15) is 0 Å². The molecule has 0 amide bonds. The molecule has 0 atom stereocenters. The molecular weight excluding hydrogens is 779 g/mol. The number of aromatic nitrogens is 3. The minimum Gasteiger partial charge on any atom is -0.454 e. The molecular formula is C60H37N3O. The Bertz CT molecular complexity index is 3980. The van der Waals surface area contributed by atoms with Crippen molar-refractivity contribution in [2.75, 3.05) is 0 Å². The van der Waals surface area contributed by atoms with Gasteiger partial charge >= 0.3 is 0 Å². The van der Waals surface area contributed by atoms with Gasteiger partial charge in [0.05, 0.1) is 38.8 Å². The Labute approximate surface area is 367 Å². The fraction of sp³-hybridized carbons (Fsp3) is 0. The molecule has 298 valence electrons. The second-order valence-electron chi connectivity index (χ2n) is 16.9. The molecule has 0 saturated carbocycles.